The minimum absolute atomic E-state index is 0.0230. The van der Waals surface area contributed by atoms with Gasteiger partial charge in [0.2, 0.25) is 15.8 Å². The molecule has 0 N–H and O–H groups in total. The molecule has 2 atom stereocenters. The zero-order valence-corrected chi connectivity index (χ0v) is 16.2. The second kappa shape index (κ2) is 7.26. The van der Waals surface area contributed by atoms with E-state index in [9.17, 15) is 13.2 Å². The van der Waals surface area contributed by atoms with E-state index in [1.807, 2.05) is 12.1 Å². The fourth-order valence-corrected chi connectivity index (χ4v) is 6.28. The molecule has 0 radical (unpaired) electrons. The number of likely N-dealkylation sites (tertiary alicyclic amines) is 1. The van der Waals surface area contributed by atoms with Gasteiger partial charge < -0.3 is 9.42 Å². The Balaban J connectivity index is 1.46. The molecule has 0 unspecified atom stereocenters. The lowest BCUT2D eigenvalue weighted by molar-refractivity contribution is 0.0717. The summed E-state index contributed by atoms with van der Waals surface area (Å²) in [5, 5.41) is 3.75. The maximum Gasteiger partial charge on any atom is 0.292 e. The van der Waals surface area contributed by atoms with Crippen molar-refractivity contribution in [1.82, 2.24) is 14.4 Å². The van der Waals surface area contributed by atoms with Crippen molar-refractivity contribution in [2.45, 2.75) is 24.6 Å². The molecular formula is C18H20ClN3O4S. The normalized spacial score (nSPS) is 25.1. The lowest BCUT2D eigenvalue weighted by Gasteiger charge is -2.21. The highest BCUT2D eigenvalue weighted by Gasteiger charge is 2.47. The Bertz CT molecular complexity index is 915. The minimum Gasteiger partial charge on any atom is -0.351 e. The Hall–Kier alpha value is -1.90. The van der Waals surface area contributed by atoms with Crippen LogP contribution in [-0.4, -0.2) is 53.6 Å². The summed E-state index contributed by atoms with van der Waals surface area (Å²) in [5.41, 5.74) is 0.918. The van der Waals surface area contributed by atoms with Crippen molar-refractivity contribution in [2.24, 2.45) is 5.92 Å². The zero-order valence-electron chi connectivity index (χ0n) is 14.6. The van der Waals surface area contributed by atoms with Gasteiger partial charge >= 0.3 is 0 Å². The van der Waals surface area contributed by atoms with Gasteiger partial charge in [-0.1, -0.05) is 28.9 Å². The van der Waals surface area contributed by atoms with Gasteiger partial charge in [-0.05, 0) is 36.5 Å². The number of carbonyl (C=O) groups is 1. The molecule has 1 aromatic carbocycles. The van der Waals surface area contributed by atoms with E-state index in [4.69, 9.17) is 16.1 Å². The summed E-state index contributed by atoms with van der Waals surface area (Å²) in [5.74, 6) is -0.0213. The van der Waals surface area contributed by atoms with E-state index in [1.165, 1.54) is 12.3 Å². The first kappa shape index (κ1) is 18.5. The van der Waals surface area contributed by atoms with Crippen molar-refractivity contribution in [1.29, 1.82) is 0 Å². The van der Waals surface area contributed by atoms with Crippen LogP contribution >= 0.6 is 11.6 Å². The molecule has 9 heteroatoms. The lowest BCUT2D eigenvalue weighted by Crippen LogP contribution is -2.34. The first-order chi connectivity index (χ1) is 12.9. The van der Waals surface area contributed by atoms with E-state index in [0.717, 1.165) is 5.56 Å². The average molecular weight is 410 g/mol. The molecule has 2 aromatic rings. The second-order valence-electron chi connectivity index (χ2n) is 7.01. The van der Waals surface area contributed by atoms with Crippen LogP contribution in [-0.2, 0) is 16.6 Å². The molecule has 3 heterocycles. The molecule has 27 heavy (non-hydrogen) atoms. The van der Waals surface area contributed by atoms with Gasteiger partial charge in [-0.2, -0.15) is 4.31 Å². The maximum atomic E-state index is 13.0. The lowest BCUT2D eigenvalue weighted by atomic mass is 10.0. The molecule has 7 nitrogen and oxygen atoms in total. The molecule has 2 aliphatic rings. The Kier molecular flexibility index (Phi) is 4.96. The number of aromatic nitrogens is 1. The first-order valence-corrected chi connectivity index (χ1v) is 10.8. The van der Waals surface area contributed by atoms with E-state index < -0.39 is 15.3 Å². The summed E-state index contributed by atoms with van der Waals surface area (Å²) in [6.45, 7) is 1.76. The topological polar surface area (TPSA) is 83.7 Å². The number of halogens is 1. The van der Waals surface area contributed by atoms with Crippen molar-refractivity contribution >= 4 is 27.5 Å². The predicted molar refractivity (Wildman–Crippen MR) is 99.7 cm³/mol. The molecule has 144 valence electrons. The highest BCUT2D eigenvalue weighted by Crippen LogP contribution is 2.35. The van der Waals surface area contributed by atoms with E-state index in [-0.39, 0.29) is 17.6 Å². The van der Waals surface area contributed by atoms with Gasteiger partial charge in [-0.3, -0.25) is 4.79 Å². The number of sulfonamides is 1. The van der Waals surface area contributed by atoms with Crippen LogP contribution in [0.5, 0.6) is 0 Å². The summed E-state index contributed by atoms with van der Waals surface area (Å²) < 4.78 is 32.6. The van der Waals surface area contributed by atoms with Crippen LogP contribution in [0.4, 0.5) is 0 Å². The van der Waals surface area contributed by atoms with Crippen LogP contribution in [0.25, 0.3) is 0 Å². The monoisotopic (exact) mass is 409 g/mol. The van der Waals surface area contributed by atoms with Gasteiger partial charge in [-0.25, -0.2) is 8.42 Å². The number of carbonyl (C=O) groups excluding carboxylic acids is 1. The van der Waals surface area contributed by atoms with Crippen LogP contribution in [0.2, 0.25) is 5.02 Å². The highest BCUT2D eigenvalue weighted by molar-refractivity contribution is 7.90. The number of rotatable bonds is 3. The van der Waals surface area contributed by atoms with Crippen LogP contribution in [0.15, 0.2) is 41.1 Å². The largest absolute Gasteiger partial charge is 0.351 e. The minimum atomic E-state index is -3.40. The number of fused-ring (bicyclic) bond motifs is 1. The van der Waals surface area contributed by atoms with Gasteiger partial charge in [0.1, 0.15) is 0 Å². The fraction of sp³-hybridized carbons (Fsp3) is 0.444. The van der Waals surface area contributed by atoms with Gasteiger partial charge in [-0.15, -0.1) is 0 Å². The highest BCUT2D eigenvalue weighted by atomic mass is 35.5. The molecule has 4 rings (SSSR count). The molecule has 2 fully saturated rings. The number of benzene rings is 1. The Morgan fingerprint density at radius 2 is 1.93 bits per heavy atom. The molecule has 2 saturated heterocycles. The third-order valence-corrected chi connectivity index (χ3v) is 8.00. The maximum absolute atomic E-state index is 13.0. The fourth-order valence-electron chi connectivity index (χ4n) is 3.93. The Morgan fingerprint density at radius 1 is 1.19 bits per heavy atom. The van der Waals surface area contributed by atoms with Crippen molar-refractivity contribution in [3.8, 4) is 0 Å². The van der Waals surface area contributed by atoms with E-state index in [1.54, 1.807) is 21.3 Å². The van der Waals surface area contributed by atoms with E-state index in [2.05, 4.69) is 5.16 Å². The first-order valence-electron chi connectivity index (χ1n) is 8.88. The van der Waals surface area contributed by atoms with E-state index >= 15 is 0 Å². The molecule has 1 aromatic heterocycles. The summed E-state index contributed by atoms with van der Waals surface area (Å²) in [6.07, 6.45) is 2.52. The summed E-state index contributed by atoms with van der Waals surface area (Å²) >= 11 is 5.90. The molecule has 2 aliphatic heterocycles. The third-order valence-electron chi connectivity index (χ3n) is 5.37. The van der Waals surface area contributed by atoms with E-state index in [0.29, 0.717) is 44.0 Å². The third kappa shape index (κ3) is 3.61. The molecule has 0 aliphatic carbocycles. The van der Waals surface area contributed by atoms with Crippen molar-refractivity contribution in [3.05, 3.63) is 52.9 Å². The number of hydrogen-bond donors (Lipinski definition) is 0. The predicted octanol–water partition coefficient (Wildman–Crippen LogP) is 2.39. The molecule has 0 saturated carbocycles. The van der Waals surface area contributed by atoms with Crippen molar-refractivity contribution in [3.63, 3.8) is 0 Å². The number of amides is 1. The summed E-state index contributed by atoms with van der Waals surface area (Å²) in [7, 11) is -3.40. The molecule has 1 amide bonds. The molecule has 0 spiro atoms. The quantitative estimate of drug-likeness (QED) is 0.777. The number of hydrogen-bond acceptors (Lipinski definition) is 5. The second-order valence-corrected chi connectivity index (χ2v) is 9.60. The SMILES string of the molecule is O=C(c1ccno1)N1CC[C@@H]2CN(Cc3ccc(Cl)cc3)S(=O)(=O)[C@@H]2CC1. The van der Waals surface area contributed by atoms with Gasteiger partial charge in [0.25, 0.3) is 5.91 Å². The average Bonchev–Trinajstić information content (AvgIpc) is 3.18. The number of nitrogens with zero attached hydrogens (tertiary/aromatic N) is 3. The van der Waals surface area contributed by atoms with Crippen molar-refractivity contribution in [2.75, 3.05) is 19.6 Å². The Morgan fingerprint density at radius 3 is 2.63 bits per heavy atom. The van der Waals surface area contributed by atoms with Gasteiger partial charge in [0, 0.05) is 37.3 Å². The van der Waals surface area contributed by atoms with Gasteiger partial charge in [0.15, 0.2) is 0 Å². The molecule has 0 bridgehead atoms. The summed E-state index contributed by atoms with van der Waals surface area (Å²) in [4.78, 5) is 14.1. The summed E-state index contributed by atoms with van der Waals surface area (Å²) in [6, 6.07) is 8.77. The zero-order chi connectivity index (χ0) is 19.0. The van der Waals surface area contributed by atoms with Crippen LogP contribution in [0.3, 0.4) is 0 Å². The molecular weight excluding hydrogens is 390 g/mol. The van der Waals surface area contributed by atoms with Crippen LogP contribution < -0.4 is 0 Å². The van der Waals surface area contributed by atoms with Gasteiger partial charge in [0.05, 0.1) is 11.4 Å². The van der Waals surface area contributed by atoms with Crippen molar-refractivity contribution < 1.29 is 17.7 Å². The smallest absolute Gasteiger partial charge is 0.292 e. The van der Waals surface area contributed by atoms with Crippen LogP contribution in [0.1, 0.15) is 29.0 Å². The Labute approximate surface area is 162 Å². The standard InChI is InChI=1S/C18H20ClN3O4S/c19-15-3-1-13(2-4-15)11-22-12-14-6-9-21(10-7-17(14)27(22,24)25)18(23)16-5-8-20-26-16/h1-5,8,14,17H,6-7,9-12H2/t14-,17-/m1/s1. The van der Waals surface area contributed by atoms with Crippen LogP contribution in [0, 0.1) is 5.92 Å².